The summed E-state index contributed by atoms with van der Waals surface area (Å²) in [7, 11) is 0. The van der Waals surface area contributed by atoms with Crippen LogP contribution in [0.2, 0.25) is 10.3 Å². The lowest BCUT2D eigenvalue weighted by Gasteiger charge is -2.10. The molecular weight excluding hydrogens is 382 g/mol. The lowest BCUT2D eigenvalue weighted by molar-refractivity contribution is -0.137. The summed E-state index contributed by atoms with van der Waals surface area (Å²) < 4.78 is 44.1. The monoisotopic (exact) mass is 395 g/mol. The molecule has 2 aromatic rings. The van der Waals surface area contributed by atoms with E-state index in [2.05, 4.69) is 10.3 Å². The zero-order valence-corrected chi connectivity index (χ0v) is 14.5. The van der Waals surface area contributed by atoms with Gasteiger partial charge in [0.1, 0.15) is 11.9 Å². The van der Waals surface area contributed by atoms with Crippen LogP contribution in [-0.4, -0.2) is 22.1 Å². The topological polar surface area (TPSA) is 56.1 Å². The number of benzene rings is 1. The van der Waals surface area contributed by atoms with Crippen molar-refractivity contribution in [2.45, 2.75) is 26.4 Å². The van der Waals surface area contributed by atoms with Crippen molar-refractivity contribution in [2.75, 3.05) is 6.61 Å². The maximum atomic E-state index is 12.5. The number of aromatic nitrogens is 2. The maximum absolute atomic E-state index is 12.5. The molecule has 1 aromatic heterocycles. The van der Waals surface area contributed by atoms with Gasteiger partial charge in [0, 0.05) is 13.2 Å². The molecule has 0 saturated heterocycles. The summed E-state index contributed by atoms with van der Waals surface area (Å²) in [5.41, 5.74) is -0.255. The predicted octanol–water partition coefficient (Wildman–Crippen LogP) is 4.13. The summed E-state index contributed by atoms with van der Waals surface area (Å²) in [5, 5.41) is 2.58. The Hall–Kier alpha value is -1.77. The molecule has 0 aliphatic carbocycles. The Labute approximate surface area is 151 Å². The van der Waals surface area contributed by atoms with E-state index in [0.717, 1.165) is 12.1 Å². The Morgan fingerprint density at radius 3 is 2.48 bits per heavy atom. The molecular formula is C15H14Cl2F3N3O2. The molecule has 0 fully saturated rings. The van der Waals surface area contributed by atoms with Gasteiger partial charge >= 0.3 is 6.18 Å². The van der Waals surface area contributed by atoms with Crippen molar-refractivity contribution in [2.24, 2.45) is 0 Å². The smallest absolute Gasteiger partial charge is 0.361 e. The average Bonchev–Trinajstić information content (AvgIpc) is 2.85. The number of nitrogens with one attached hydrogen (secondary N) is 1. The molecule has 10 heteroatoms. The molecule has 0 unspecified atom stereocenters. The van der Waals surface area contributed by atoms with Crippen LogP contribution in [0, 0.1) is 0 Å². The summed E-state index contributed by atoms with van der Waals surface area (Å²) in [6.45, 7) is 2.20. The standard InChI is InChI=1S/C15H14Cl2F3N3O2/c1-2-25-8-23-12(17)11(16)22-13(23)14(24)21-7-9-3-5-10(6-4-9)15(18,19)20/h3-6H,2,7-8H2,1H3,(H,21,24). The highest BCUT2D eigenvalue weighted by Gasteiger charge is 2.30. The van der Waals surface area contributed by atoms with E-state index in [1.165, 1.54) is 16.7 Å². The first kappa shape index (κ1) is 19.6. The molecule has 0 radical (unpaired) electrons. The second kappa shape index (κ2) is 8.07. The molecule has 136 valence electrons. The van der Waals surface area contributed by atoms with Crippen LogP contribution in [-0.2, 0) is 24.2 Å². The van der Waals surface area contributed by atoms with Crippen LogP contribution in [0.5, 0.6) is 0 Å². The number of halogens is 5. The zero-order valence-electron chi connectivity index (χ0n) is 13.0. The maximum Gasteiger partial charge on any atom is 0.416 e. The van der Waals surface area contributed by atoms with Gasteiger partial charge < -0.3 is 10.1 Å². The highest BCUT2D eigenvalue weighted by molar-refractivity contribution is 6.40. The molecule has 0 atom stereocenters. The summed E-state index contributed by atoms with van der Waals surface area (Å²) >= 11 is 11.8. The van der Waals surface area contributed by atoms with Crippen molar-refractivity contribution in [1.82, 2.24) is 14.9 Å². The molecule has 0 spiro atoms. The zero-order chi connectivity index (χ0) is 18.6. The fourth-order valence-electron chi connectivity index (χ4n) is 1.95. The lowest BCUT2D eigenvalue weighted by atomic mass is 10.1. The fraction of sp³-hybridized carbons (Fsp3) is 0.333. The van der Waals surface area contributed by atoms with Gasteiger partial charge in [-0.25, -0.2) is 4.98 Å². The van der Waals surface area contributed by atoms with E-state index < -0.39 is 17.6 Å². The number of hydrogen-bond donors (Lipinski definition) is 1. The van der Waals surface area contributed by atoms with Crippen LogP contribution in [0.15, 0.2) is 24.3 Å². The second-order valence-electron chi connectivity index (χ2n) is 4.94. The van der Waals surface area contributed by atoms with E-state index in [1.807, 2.05) is 0 Å². The van der Waals surface area contributed by atoms with Crippen LogP contribution in [0.3, 0.4) is 0 Å². The van der Waals surface area contributed by atoms with Crippen molar-refractivity contribution in [1.29, 1.82) is 0 Å². The van der Waals surface area contributed by atoms with Crippen LogP contribution >= 0.6 is 23.2 Å². The Morgan fingerprint density at radius 2 is 1.92 bits per heavy atom. The summed E-state index contributed by atoms with van der Waals surface area (Å²) in [5.74, 6) is -0.622. The normalized spacial score (nSPS) is 11.6. The highest BCUT2D eigenvalue weighted by atomic mass is 35.5. The van der Waals surface area contributed by atoms with Gasteiger partial charge in [-0.05, 0) is 24.6 Å². The van der Waals surface area contributed by atoms with E-state index in [4.69, 9.17) is 27.9 Å². The summed E-state index contributed by atoms with van der Waals surface area (Å²) in [4.78, 5) is 16.1. The van der Waals surface area contributed by atoms with Crippen molar-refractivity contribution < 1.29 is 22.7 Å². The molecule has 1 N–H and O–H groups in total. The van der Waals surface area contributed by atoms with Crippen LogP contribution in [0.4, 0.5) is 13.2 Å². The number of alkyl halides is 3. The van der Waals surface area contributed by atoms with Gasteiger partial charge in [0.15, 0.2) is 5.15 Å². The number of rotatable bonds is 6. The Bertz CT molecular complexity index is 746. The Morgan fingerprint density at radius 1 is 1.28 bits per heavy atom. The van der Waals surface area contributed by atoms with Gasteiger partial charge in [-0.3, -0.25) is 9.36 Å². The van der Waals surface area contributed by atoms with E-state index in [9.17, 15) is 18.0 Å². The second-order valence-corrected chi connectivity index (χ2v) is 5.66. The first-order valence-electron chi connectivity index (χ1n) is 7.17. The molecule has 0 aliphatic heterocycles. The van der Waals surface area contributed by atoms with Gasteiger partial charge in [-0.15, -0.1) is 0 Å². The molecule has 0 aliphatic rings. The minimum absolute atomic E-state index is 0.00190. The molecule has 2 rings (SSSR count). The number of carbonyl (C=O) groups excluding carboxylic acids is 1. The van der Waals surface area contributed by atoms with Crippen LogP contribution in [0.25, 0.3) is 0 Å². The molecule has 1 aromatic carbocycles. The number of ether oxygens (including phenoxy) is 1. The van der Waals surface area contributed by atoms with Crippen molar-refractivity contribution >= 4 is 29.1 Å². The minimum Gasteiger partial charge on any atom is -0.361 e. The number of nitrogens with zero attached hydrogens (tertiary/aromatic N) is 2. The SMILES string of the molecule is CCOCn1c(C(=O)NCc2ccc(C(F)(F)F)cc2)nc(Cl)c1Cl. The molecule has 25 heavy (non-hydrogen) atoms. The Balaban J connectivity index is 2.06. The summed E-state index contributed by atoms with van der Waals surface area (Å²) in [6.07, 6.45) is -4.40. The number of amides is 1. The first-order chi connectivity index (χ1) is 11.7. The largest absolute Gasteiger partial charge is 0.416 e. The van der Waals surface area contributed by atoms with Gasteiger partial charge in [-0.1, -0.05) is 35.3 Å². The molecule has 0 saturated carbocycles. The molecule has 5 nitrogen and oxygen atoms in total. The van der Waals surface area contributed by atoms with Crippen LogP contribution in [0.1, 0.15) is 28.7 Å². The third-order valence-corrected chi connectivity index (χ3v) is 3.97. The number of carbonyl (C=O) groups is 1. The third kappa shape index (κ3) is 4.87. The van der Waals surface area contributed by atoms with Crippen LogP contribution < -0.4 is 5.32 Å². The first-order valence-corrected chi connectivity index (χ1v) is 7.93. The van der Waals surface area contributed by atoms with Crippen molar-refractivity contribution in [3.63, 3.8) is 0 Å². The third-order valence-electron chi connectivity index (χ3n) is 3.23. The molecule has 0 bridgehead atoms. The average molecular weight is 396 g/mol. The van der Waals surface area contributed by atoms with E-state index in [-0.39, 0.29) is 29.4 Å². The van der Waals surface area contributed by atoms with E-state index in [0.29, 0.717) is 12.2 Å². The summed E-state index contributed by atoms with van der Waals surface area (Å²) in [6, 6.07) is 4.47. The van der Waals surface area contributed by atoms with Crippen molar-refractivity contribution in [3.05, 3.63) is 51.5 Å². The van der Waals surface area contributed by atoms with E-state index >= 15 is 0 Å². The van der Waals surface area contributed by atoms with Gasteiger partial charge in [-0.2, -0.15) is 13.2 Å². The Kier molecular flexibility index (Phi) is 6.31. The number of hydrogen-bond acceptors (Lipinski definition) is 3. The lowest BCUT2D eigenvalue weighted by Crippen LogP contribution is -2.26. The quantitative estimate of drug-likeness (QED) is 0.799. The number of imidazole rings is 1. The molecule has 1 amide bonds. The molecule has 1 heterocycles. The van der Waals surface area contributed by atoms with Gasteiger partial charge in [0.25, 0.3) is 5.91 Å². The van der Waals surface area contributed by atoms with E-state index in [1.54, 1.807) is 6.92 Å². The van der Waals surface area contributed by atoms with Gasteiger partial charge in [0.2, 0.25) is 5.82 Å². The van der Waals surface area contributed by atoms with Gasteiger partial charge in [0.05, 0.1) is 5.56 Å². The fourth-order valence-corrected chi connectivity index (χ4v) is 2.30. The van der Waals surface area contributed by atoms with Crippen molar-refractivity contribution in [3.8, 4) is 0 Å². The predicted molar refractivity (Wildman–Crippen MR) is 86.5 cm³/mol. The minimum atomic E-state index is -4.40. The highest BCUT2D eigenvalue weighted by Crippen LogP contribution is 2.29.